The maximum absolute atomic E-state index is 13.4. The molecule has 1 aliphatic heterocycles. The van der Waals surface area contributed by atoms with Gasteiger partial charge in [-0.05, 0) is 89.9 Å². The van der Waals surface area contributed by atoms with Crippen molar-refractivity contribution in [3.63, 3.8) is 0 Å². The van der Waals surface area contributed by atoms with Crippen molar-refractivity contribution >= 4 is 11.9 Å². The van der Waals surface area contributed by atoms with Crippen LogP contribution in [0.25, 0.3) is 0 Å². The lowest BCUT2D eigenvalue weighted by atomic mass is 9.99. The summed E-state index contributed by atoms with van der Waals surface area (Å²) in [4.78, 5) is 26.5. The standard InChI is InChI=1S/C68H115NO10/c1-4-7-10-13-16-19-22-24-25-26-27-28-29-30-31-32-33-34-35-36-38-40-43-46-49-52-55-61(72)67(76)69-59(60(71)54-51-48-45-42-39-21-18-15-12-9-6-3)58-77-68-66(65(75)64(74)62(57-70)78-68)79-63(73)56-53-50-47-44-41-37-23-20-17-14-11-8-5-2/h7-8,10-11,14,16-17,19-20,23-25,27-28,30-31,51,54,59-62,64-66,68,70-72,74-75H,4-6,9,12-13,15,18,21-22,26,29,32-50,52-53,55-58H2,1-3H3,(H,69,76)/b10-7-,11-8+,17-14+,19-16-,23-20-,25-24-,28-27-,31-30-,54-51+. The van der Waals surface area contributed by atoms with Gasteiger partial charge in [0, 0.05) is 6.42 Å². The third-order valence-electron chi connectivity index (χ3n) is 14.2. The molecule has 0 aliphatic carbocycles. The molecule has 1 amide bonds. The molecular weight excluding hydrogens is 991 g/mol. The minimum atomic E-state index is -1.63. The van der Waals surface area contributed by atoms with Crippen molar-refractivity contribution in [1.82, 2.24) is 5.32 Å². The summed E-state index contributed by atoms with van der Waals surface area (Å²) in [6, 6.07) is -1.04. The molecule has 79 heavy (non-hydrogen) atoms. The first kappa shape index (κ1) is 73.3. The van der Waals surface area contributed by atoms with Crippen LogP contribution >= 0.6 is 0 Å². The van der Waals surface area contributed by atoms with Crippen LogP contribution < -0.4 is 5.32 Å². The number of aliphatic hydroxyl groups excluding tert-OH is 5. The average molecular weight is 1110 g/mol. The molecule has 6 N–H and O–H groups in total. The fourth-order valence-corrected chi connectivity index (χ4v) is 9.27. The Morgan fingerprint density at radius 2 is 0.975 bits per heavy atom. The van der Waals surface area contributed by atoms with Crippen LogP contribution in [0, 0.1) is 0 Å². The number of aliphatic hydroxyl groups is 5. The number of nitrogens with one attached hydrogen (secondary N) is 1. The number of allylic oxidation sites excluding steroid dienone is 17. The van der Waals surface area contributed by atoms with Gasteiger partial charge in [-0.15, -0.1) is 0 Å². The molecule has 11 heteroatoms. The van der Waals surface area contributed by atoms with Crippen molar-refractivity contribution < 1.29 is 49.3 Å². The number of ether oxygens (including phenoxy) is 3. The number of amides is 1. The van der Waals surface area contributed by atoms with E-state index in [1.54, 1.807) is 6.08 Å². The zero-order valence-corrected chi connectivity index (χ0v) is 50.0. The number of carbonyl (C=O) groups excluding carboxylic acids is 2. The molecule has 452 valence electrons. The molecule has 0 spiro atoms. The van der Waals surface area contributed by atoms with Crippen LogP contribution in [0.3, 0.4) is 0 Å². The van der Waals surface area contributed by atoms with Crippen LogP contribution in [-0.4, -0.2) is 99.6 Å². The highest BCUT2D eigenvalue weighted by molar-refractivity contribution is 5.80. The summed E-state index contributed by atoms with van der Waals surface area (Å²) in [5.41, 5.74) is 0. The maximum atomic E-state index is 13.4. The second kappa shape index (κ2) is 54.9. The number of unbranched alkanes of at least 4 members (excludes halogenated alkanes) is 24. The average Bonchev–Trinajstić information content (AvgIpc) is 3.44. The summed E-state index contributed by atoms with van der Waals surface area (Å²) < 4.78 is 17.6. The minimum Gasteiger partial charge on any atom is -0.454 e. The Bertz CT molecular complexity index is 1700. The van der Waals surface area contributed by atoms with E-state index in [2.05, 4.69) is 105 Å². The summed E-state index contributed by atoms with van der Waals surface area (Å²) in [6.07, 6.45) is 64.2. The van der Waals surface area contributed by atoms with Gasteiger partial charge in [0.2, 0.25) is 5.91 Å². The molecule has 0 aromatic carbocycles. The van der Waals surface area contributed by atoms with E-state index < -0.39 is 67.4 Å². The topological polar surface area (TPSA) is 175 Å². The van der Waals surface area contributed by atoms with Gasteiger partial charge in [0.25, 0.3) is 0 Å². The first-order valence-corrected chi connectivity index (χ1v) is 31.7. The third-order valence-corrected chi connectivity index (χ3v) is 14.2. The number of rotatable bonds is 52. The Morgan fingerprint density at radius 3 is 1.51 bits per heavy atom. The Balaban J connectivity index is 2.60. The zero-order valence-electron chi connectivity index (χ0n) is 50.0. The van der Waals surface area contributed by atoms with E-state index in [1.165, 1.54) is 77.0 Å². The molecule has 8 unspecified atom stereocenters. The monoisotopic (exact) mass is 1110 g/mol. The highest BCUT2D eigenvalue weighted by Gasteiger charge is 2.47. The third kappa shape index (κ3) is 42.8. The smallest absolute Gasteiger partial charge is 0.306 e. The lowest BCUT2D eigenvalue weighted by Crippen LogP contribution is -2.61. The molecule has 1 fully saturated rings. The van der Waals surface area contributed by atoms with E-state index in [0.29, 0.717) is 12.8 Å². The molecule has 0 saturated carbocycles. The maximum Gasteiger partial charge on any atom is 0.306 e. The summed E-state index contributed by atoms with van der Waals surface area (Å²) in [5, 5.41) is 56.9. The zero-order chi connectivity index (χ0) is 57.5. The summed E-state index contributed by atoms with van der Waals surface area (Å²) in [5.74, 6) is -1.23. The molecule has 1 aliphatic rings. The SMILES string of the molecule is CC/C=C\C/C=C\C/C=C\C/C=C\C/C=C\CCCCCCCCCCCCC(O)C(=O)NC(COC1OC(CO)C(O)C(O)C1OC(=O)CCCCCCC\C=C/C=C/C=C/CC)C(O)/C=C/CCCCCCCCCCC. The van der Waals surface area contributed by atoms with Crippen molar-refractivity contribution in [2.75, 3.05) is 13.2 Å². The van der Waals surface area contributed by atoms with Crippen molar-refractivity contribution in [2.45, 2.75) is 294 Å². The van der Waals surface area contributed by atoms with Crippen LogP contribution in [-0.2, 0) is 23.8 Å². The fourth-order valence-electron chi connectivity index (χ4n) is 9.27. The molecular formula is C68H115NO10. The quantitative estimate of drug-likeness (QED) is 0.0149. The highest BCUT2D eigenvalue weighted by atomic mass is 16.7. The Kier molecular flexibility index (Phi) is 50.9. The lowest BCUT2D eigenvalue weighted by molar-refractivity contribution is -0.305. The van der Waals surface area contributed by atoms with Crippen LogP contribution in [0.1, 0.15) is 245 Å². The number of esters is 1. The molecule has 0 radical (unpaired) electrons. The van der Waals surface area contributed by atoms with E-state index in [1.807, 2.05) is 24.3 Å². The number of hydrogen-bond donors (Lipinski definition) is 6. The molecule has 8 atom stereocenters. The van der Waals surface area contributed by atoms with Crippen LogP contribution in [0.2, 0.25) is 0 Å². The minimum absolute atomic E-state index is 0.0956. The van der Waals surface area contributed by atoms with Crippen LogP contribution in [0.4, 0.5) is 0 Å². The van der Waals surface area contributed by atoms with E-state index in [-0.39, 0.29) is 19.4 Å². The normalized spacial score (nSPS) is 19.6. The van der Waals surface area contributed by atoms with Crippen molar-refractivity contribution in [2.24, 2.45) is 0 Å². The van der Waals surface area contributed by atoms with Gasteiger partial charge in [-0.2, -0.15) is 0 Å². The summed E-state index contributed by atoms with van der Waals surface area (Å²) in [6.45, 7) is 5.51. The second-order valence-corrected chi connectivity index (χ2v) is 21.4. The first-order valence-electron chi connectivity index (χ1n) is 31.7. The Hall–Kier alpha value is -3.68. The highest BCUT2D eigenvalue weighted by Crippen LogP contribution is 2.26. The first-order chi connectivity index (χ1) is 38.7. The van der Waals surface area contributed by atoms with Gasteiger partial charge in [0.1, 0.15) is 24.4 Å². The van der Waals surface area contributed by atoms with Gasteiger partial charge < -0.3 is 45.1 Å². The van der Waals surface area contributed by atoms with Gasteiger partial charge in [-0.3, -0.25) is 9.59 Å². The second-order valence-electron chi connectivity index (χ2n) is 21.4. The molecule has 0 aromatic rings. The van der Waals surface area contributed by atoms with Gasteiger partial charge in [-0.25, -0.2) is 0 Å². The molecule has 1 saturated heterocycles. The van der Waals surface area contributed by atoms with Gasteiger partial charge in [0.05, 0.1) is 25.4 Å². The largest absolute Gasteiger partial charge is 0.454 e. The molecule has 1 rings (SSSR count). The Labute approximate surface area is 481 Å². The summed E-state index contributed by atoms with van der Waals surface area (Å²) >= 11 is 0. The van der Waals surface area contributed by atoms with Crippen LogP contribution in [0.15, 0.2) is 109 Å². The van der Waals surface area contributed by atoms with Crippen molar-refractivity contribution in [3.05, 3.63) is 109 Å². The van der Waals surface area contributed by atoms with E-state index in [9.17, 15) is 35.1 Å². The summed E-state index contributed by atoms with van der Waals surface area (Å²) in [7, 11) is 0. The molecule has 0 aromatic heterocycles. The number of hydrogen-bond acceptors (Lipinski definition) is 10. The molecule has 11 nitrogen and oxygen atoms in total. The van der Waals surface area contributed by atoms with E-state index in [4.69, 9.17) is 14.2 Å². The van der Waals surface area contributed by atoms with Crippen molar-refractivity contribution in [1.29, 1.82) is 0 Å². The Morgan fingerprint density at radius 1 is 0.519 bits per heavy atom. The van der Waals surface area contributed by atoms with E-state index >= 15 is 0 Å². The lowest BCUT2D eigenvalue weighted by Gasteiger charge is -2.41. The van der Waals surface area contributed by atoms with E-state index in [0.717, 1.165) is 122 Å². The van der Waals surface area contributed by atoms with Gasteiger partial charge >= 0.3 is 5.97 Å². The fraction of sp³-hybridized carbons (Fsp3) is 0.706. The van der Waals surface area contributed by atoms with Gasteiger partial charge in [0.15, 0.2) is 12.4 Å². The predicted octanol–water partition coefficient (Wildman–Crippen LogP) is 15.3. The molecule has 0 bridgehead atoms. The van der Waals surface area contributed by atoms with Crippen molar-refractivity contribution in [3.8, 4) is 0 Å². The van der Waals surface area contributed by atoms with Crippen LogP contribution in [0.5, 0.6) is 0 Å². The predicted molar refractivity (Wildman–Crippen MR) is 328 cm³/mol. The molecule has 1 heterocycles. The number of carbonyl (C=O) groups is 2. The van der Waals surface area contributed by atoms with Gasteiger partial charge in [-0.1, -0.05) is 259 Å².